The van der Waals surface area contributed by atoms with Crippen molar-refractivity contribution >= 4 is 44.8 Å². The van der Waals surface area contributed by atoms with Crippen LogP contribution in [0.1, 0.15) is 58.9 Å². The van der Waals surface area contributed by atoms with Gasteiger partial charge >= 0.3 is 0 Å². The second-order valence-corrected chi connectivity index (χ2v) is 11.8. The molecule has 1 N–H and O–H groups in total. The summed E-state index contributed by atoms with van der Waals surface area (Å²) in [5, 5.41) is 0.465. The van der Waals surface area contributed by atoms with Crippen molar-refractivity contribution in [2.24, 2.45) is 16.8 Å². The normalized spacial score (nSPS) is 21.9. The van der Waals surface area contributed by atoms with Crippen LogP contribution in [0.2, 0.25) is 10.0 Å². The summed E-state index contributed by atoms with van der Waals surface area (Å²) >= 11 is 12.1. The van der Waals surface area contributed by atoms with Gasteiger partial charge in [-0.15, -0.1) is 0 Å². The Kier molecular flexibility index (Phi) is 9.73. The van der Waals surface area contributed by atoms with E-state index in [1.54, 1.807) is 12.1 Å². The van der Waals surface area contributed by atoms with Gasteiger partial charge in [-0.25, -0.2) is 13.4 Å². The number of hydrogen-bond acceptors (Lipinski definition) is 5. The van der Waals surface area contributed by atoms with E-state index in [2.05, 4.69) is 37.4 Å². The molecule has 1 aliphatic carbocycles. The predicted molar refractivity (Wildman–Crippen MR) is 144 cm³/mol. The Morgan fingerprint density at radius 2 is 1.69 bits per heavy atom. The molecular formula is C26H34Cl2N2O4S. The zero-order chi connectivity index (χ0) is 25.6. The first-order chi connectivity index (χ1) is 16.6. The number of para-hydroxylation sites is 1. The van der Waals surface area contributed by atoms with E-state index in [0.29, 0.717) is 47.9 Å². The largest absolute Gasteiger partial charge is 0.488 e. The van der Waals surface area contributed by atoms with Crippen molar-refractivity contribution in [1.29, 1.82) is 0 Å². The molecule has 1 heterocycles. The van der Waals surface area contributed by atoms with Crippen LogP contribution < -0.4 is 9.46 Å². The van der Waals surface area contributed by atoms with Gasteiger partial charge < -0.3 is 9.47 Å². The molecule has 9 heteroatoms. The maximum absolute atomic E-state index is 13.3. The third-order valence-corrected chi connectivity index (χ3v) is 7.42. The average Bonchev–Trinajstić information content (AvgIpc) is 3.29. The first kappa shape index (κ1) is 27.6. The summed E-state index contributed by atoms with van der Waals surface area (Å²) in [5.41, 5.74) is 0.837. The van der Waals surface area contributed by atoms with Crippen molar-refractivity contribution in [3.8, 4) is 5.75 Å². The highest BCUT2D eigenvalue weighted by Crippen LogP contribution is 2.37. The molecule has 1 fully saturated rings. The van der Waals surface area contributed by atoms with Gasteiger partial charge in [0.2, 0.25) is 5.90 Å². The van der Waals surface area contributed by atoms with Crippen LogP contribution in [0.15, 0.2) is 46.3 Å². The number of hydrogen-bond donors (Lipinski definition) is 1. The maximum atomic E-state index is 13.3. The van der Waals surface area contributed by atoms with Crippen molar-refractivity contribution < 1.29 is 17.9 Å². The average molecular weight is 542 g/mol. The van der Waals surface area contributed by atoms with Crippen LogP contribution in [-0.4, -0.2) is 33.6 Å². The van der Waals surface area contributed by atoms with Crippen LogP contribution in [0.25, 0.3) is 0 Å². The molecule has 0 bridgehead atoms. The Hall–Kier alpha value is -1.96. The molecule has 0 spiro atoms. The Morgan fingerprint density at radius 3 is 2.26 bits per heavy atom. The highest BCUT2D eigenvalue weighted by molar-refractivity contribution is 7.92. The van der Waals surface area contributed by atoms with Crippen LogP contribution >= 0.6 is 23.2 Å². The molecule has 0 saturated heterocycles. The van der Waals surface area contributed by atoms with E-state index in [4.69, 9.17) is 32.7 Å². The Balaban J connectivity index is 0.00000108. The van der Waals surface area contributed by atoms with Gasteiger partial charge in [-0.3, -0.25) is 4.72 Å². The molecule has 2 aromatic rings. The monoisotopic (exact) mass is 540 g/mol. The molecule has 2 aliphatic rings. The summed E-state index contributed by atoms with van der Waals surface area (Å²) in [6, 6.07) is 9.55. The molecule has 3 atom stereocenters. The predicted octanol–water partition coefficient (Wildman–Crippen LogP) is 7.19. The van der Waals surface area contributed by atoms with Crippen LogP contribution in [0.5, 0.6) is 5.75 Å². The fraction of sp³-hybridized carbons (Fsp3) is 0.500. The van der Waals surface area contributed by atoms with Gasteiger partial charge in [-0.05, 0) is 61.4 Å². The lowest BCUT2D eigenvalue weighted by molar-refractivity contribution is 0.102. The van der Waals surface area contributed by atoms with Gasteiger partial charge in [0, 0.05) is 10.0 Å². The first-order valence-electron chi connectivity index (χ1n) is 12.1. The van der Waals surface area contributed by atoms with Crippen molar-refractivity contribution in [2.75, 3.05) is 17.9 Å². The zero-order valence-corrected chi connectivity index (χ0v) is 23.0. The molecule has 0 amide bonds. The minimum atomic E-state index is -4.00. The molecule has 35 heavy (non-hydrogen) atoms. The first-order valence-corrected chi connectivity index (χ1v) is 14.3. The molecule has 192 valence electrons. The molecule has 2 aromatic carbocycles. The van der Waals surface area contributed by atoms with Gasteiger partial charge in [-0.2, -0.15) is 0 Å². The van der Waals surface area contributed by atoms with Crippen LogP contribution in [0.3, 0.4) is 0 Å². The second-order valence-electron chi connectivity index (χ2n) is 9.29. The van der Waals surface area contributed by atoms with Crippen molar-refractivity contribution in [2.45, 2.75) is 64.4 Å². The number of anilines is 1. The SMILES string of the molecule is CCC.C[C@@H]1CC(Oc2cccc(C3=NCCO3)c2NS(=O)(=O)c2cc(Cl)cc(Cl)c2)C[C@H](C)C1. The zero-order valence-electron chi connectivity index (χ0n) is 20.7. The Labute approximate surface area is 219 Å². The number of sulfonamides is 1. The highest BCUT2D eigenvalue weighted by atomic mass is 35.5. The molecule has 0 aromatic heterocycles. The van der Waals surface area contributed by atoms with Gasteiger partial charge in [0.1, 0.15) is 18.0 Å². The summed E-state index contributed by atoms with van der Waals surface area (Å²) in [4.78, 5) is 4.33. The number of rotatable bonds is 6. The van der Waals surface area contributed by atoms with Gasteiger partial charge in [0.05, 0.1) is 23.1 Å². The van der Waals surface area contributed by atoms with Crippen LogP contribution in [-0.2, 0) is 14.8 Å². The lowest BCUT2D eigenvalue weighted by Crippen LogP contribution is -2.29. The van der Waals surface area contributed by atoms with E-state index < -0.39 is 10.0 Å². The standard InChI is InChI=1S/C23H26Cl2N2O4S.C3H8/c1-14-8-15(2)10-18(9-14)31-21-5-3-4-20(23-26-6-7-30-23)22(21)27-32(28,29)19-12-16(24)11-17(25)13-19;1-3-2/h3-5,11-15,18,27H,6-10H2,1-2H3;3H2,1-2H3/t14-,15+,18?;. The summed E-state index contributed by atoms with van der Waals surface area (Å²) in [6.07, 6.45) is 4.25. The van der Waals surface area contributed by atoms with Gasteiger partial charge in [0.25, 0.3) is 10.0 Å². The van der Waals surface area contributed by atoms with E-state index in [0.717, 1.165) is 12.8 Å². The smallest absolute Gasteiger partial charge is 0.262 e. The van der Waals surface area contributed by atoms with Crippen molar-refractivity contribution in [3.05, 3.63) is 52.0 Å². The minimum absolute atomic E-state index is 0.000645. The third kappa shape index (κ3) is 7.51. The molecule has 1 unspecified atom stereocenters. The Morgan fingerprint density at radius 1 is 1.06 bits per heavy atom. The maximum Gasteiger partial charge on any atom is 0.262 e. The Bertz CT molecular complexity index is 1120. The van der Waals surface area contributed by atoms with Crippen LogP contribution in [0, 0.1) is 11.8 Å². The molecule has 1 saturated carbocycles. The summed E-state index contributed by atoms with van der Waals surface area (Å²) in [7, 11) is -4.00. The van der Waals surface area contributed by atoms with E-state index in [9.17, 15) is 8.42 Å². The second kappa shape index (κ2) is 12.3. The molecule has 4 rings (SSSR count). The quantitative estimate of drug-likeness (QED) is 0.420. The van der Waals surface area contributed by atoms with E-state index in [1.165, 1.54) is 31.0 Å². The highest BCUT2D eigenvalue weighted by Gasteiger charge is 2.29. The number of benzene rings is 2. The topological polar surface area (TPSA) is 77.0 Å². The number of ether oxygens (including phenoxy) is 2. The molecule has 1 aliphatic heterocycles. The van der Waals surface area contributed by atoms with Gasteiger partial charge in [0.15, 0.2) is 0 Å². The fourth-order valence-electron chi connectivity index (χ4n) is 4.44. The van der Waals surface area contributed by atoms with E-state index >= 15 is 0 Å². The summed E-state index contributed by atoms with van der Waals surface area (Å²) < 4.78 is 41.2. The summed E-state index contributed by atoms with van der Waals surface area (Å²) in [5.74, 6) is 1.93. The third-order valence-electron chi connectivity index (χ3n) is 5.65. The summed E-state index contributed by atoms with van der Waals surface area (Å²) in [6.45, 7) is 9.66. The fourth-order valence-corrected chi connectivity index (χ4v) is 6.25. The van der Waals surface area contributed by atoms with Crippen LogP contribution in [0.4, 0.5) is 5.69 Å². The van der Waals surface area contributed by atoms with E-state index in [1.807, 2.05) is 6.07 Å². The molecule has 6 nitrogen and oxygen atoms in total. The number of nitrogens with zero attached hydrogens (tertiary/aromatic N) is 1. The number of aliphatic imine (C=N–C) groups is 1. The number of halogens is 2. The van der Waals surface area contributed by atoms with E-state index in [-0.39, 0.29) is 21.0 Å². The van der Waals surface area contributed by atoms with Crippen molar-refractivity contribution in [1.82, 2.24) is 0 Å². The lowest BCUT2D eigenvalue weighted by Gasteiger charge is -2.32. The molecular weight excluding hydrogens is 507 g/mol. The minimum Gasteiger partial charge on any atom is -0.488 e. The lowest BCUT2D eigenvalue weighted by atomic mass is 9.82. The molecule has 0 radical (unpaired) electrons. The number of nitrogens with one attached hydrogen (secondary N) is 1. The van der Waals surface area contributed by atoms with Crippen molar-refractivity contribution in [3.63, 3.8) is 0 Å². The van der Waals surface area contributed by atoms with Gasteiger partial charge in [-0.1, -0.05) is 63.4 Å².